The highest BCUT2D eigenvalue weighted by molar-refractivity contribution is 6.03. The summed E-state index contributed by atoms with van der Waals surface area (Å²) in [5.74, 6) is -0.706. The van der Waals surface area contributed by atoms with Gasteiger partial charge in [0.25, 0.3) is 5.91 Å². The molecular weight excluding hydrogens is 309 g/mol. The summed E-state index contributed by atoms with van der Waals surface area (Å²) in [5, 5.41) is 2.72. The van der Waals surface area contributed by atoms with Crippen molar-refractivity contribution in [1.29, 1.82) is 0 Å². The van der Waals surface area contributed by atoms with E-state index in [1.54, 1.807) is 47.0 Å². The number of halogens is 1. The van der Waals surface area contributed by atoms with Gasteiger partial charge in [-0.3, -0.25) is 9.69 Å². The summed E-state index contributed by atoms with van der Waals surface area (Å²) in [4.78, 5) is 27.1. The Morgan fingerprint density at radius 2 is 1.88 bits per heavy atom. The molecule has 0 aromatic heterocycles. The molecule has 1 aromatic carbocycles. The van der Waals surface area contributed by atoms with Crippen LogP contribution in [0.25, 0.3) is 0 Å². The normalized spacial score (nSPS) is 18.6. The Morgan fingerprint density at radius 3 is 2.38 bits per heavy atom. The largest absolute Gasteiger partial charge is 0.345 e. The molecule has 0 spiro atoms. The number of carbonyl (C=O) groups is 2. The number of hydrogen-bond donors (Lipinski definition) is 1. The first-order valence-electron chi connectivity index (χ1n) is 8.03. The van der Waals surface area contributed by atoms with E-state index in [0.29, 0.717) is 11.3 Å². The highest BCUT2D eigenvalue weighted by Gasteiger charge is 2.37. The maximum absolute atomic E-state index is 14.3. The first-order valence-corrected chi connectivity index (χ1v) is 8.03. The third kappa shape index (κ3) is 3.75. The monoisotopic (exact) mass is 335 g/mol. The molecule has 1 aromatic rings. The van der Waals surface area contributed by atoms with Gasteiger partial charge < -0.3 is 10.2 Å². The number of aryl methyl sites for hydroxylation is 1. The zero-order valence-corrected chi connectivity index (χ0v) is 15.4. The maximum atomic E-state index is 14.3. The van der Waals surface area contributed by atoms with Crippen molar-refractivity contribution in [1.82, 2.24) is 10.2 Å². The smallest absolute Gasteiger partial charge is 0.326 e. The summed E-state index contributed by atoms with van der Waals surface area (Å²) < 4.78 is 14.3. The Balaban J connectivity index is 0.00000139. The average molecular weight is 335 g/mol. The average Bonchev–Trinajstić information content (AvgIpc) is 2.82. The number of urea groups is 1. The molecule has 2 rings (SSSR count). The van der Waals surface area contributed by atoms with Gasteiger partial charge in [-0.1, -0.05) is 19.9 Å². The summed E-state index contributed by atoms with van der Waals surface area (Å²) in [7, 11) is 3.27. The van der Waals surface area contributed by atoms with E-state index in [1.807, 2.05) is 13.8 Å². The first kappa shape index (κ1) is 19.7. The van der Waals surface area contributed by atoms with Crippen molar-refractivity contribution in [3.05, 3.63) is 40.8 Å². The highest BCUT2D eigenvalue weighted by Crippen LogP contribution is 2.31. The number of likely N-dealkylation sites (N-methyl/N-ethyl adjacent to an activating group) is 1. The standard InChI is InChI=1S/C16H20FN3O2.C2H6/c1-9-6-7-13(12(17)8-9)20-14(11(3)18-16(20)22)10(2)15(21)19(4)5;1-2/h6-8,11H,1-5H3,(H,18,22);1-2H3/b14-10+;. The number of rotatable bonds is 2. The molecule has 0 radical (unpaired) electrons. The molecule has 0 bridgehead atoms. The van der Waals surface area contributed by atoms with Gasteiger partial charge in [-0.2, -0.15) is 0 Å². The minimum absolute atomic E-state index is 0.147. The molecule has 0 aliphatic carbocycles. The summed E-state index contributed by atoms with van der Waals surface area (Å²) in [6, 6.07) is 3.85. The summed E-state index contributed by atoms with van der Waals surface area (Å²) >= 11 is 0. The molecule has 3 amide bonds. The summed E-state index contributed by atoms with van der Waals surface area (Å²) in [6.07, 6.45) is 0. The molecule has 1 aliphatic rings. The Morgan fingerprint density at radius 1 is 1.29 bits per heavy atom. The van der Waals surface area contributed by atoms with Crippen molar-refractivity contribution in [3.8, 4) is 0 Å². The minimum atomic E-state index is -0.494. The van der Waals surface area contributed by atoms with Crippen LogP contribution in [0.4, 0.5) is 14.9 Å². The van der Waals surface area contributed by atoms with Crippen molar-refractivity contribution in [2.75, 3.05) is 19.0 Å². The molecule has 1 fully saturated rings. The van der Waals surface area contributed by atoms with Crippen LogP contribution < -0.4 is 10.2 Å². The SMILES string of the molecule is C/C(C(=O)N(C)C)=C1/C(C)NC(=O)N1c1ccc(C)cc1F.CC. The molecule has 6 heteroatoms. The van der Waals surface area contributed by atoms with Crippen molar-refractivity contribution in [2.45, 2.75) is 40.7 Å². The van der Waals surface area contributed by atoms with Crippen LogP contribution in [0.1, 0.15) is 33.3 Å². The molecule has 1 saturated heterocycles. The van der Waals surface area contributed by atoms with E-state index in [0.717, 1.165) is 5.56 Å². The molecule has 1 unspecified atom stereocenters. The van der Waals surface area contributed by atoms with Gasteiger partial charge in [0.2, 0.25) is 0 Å². The van der Waals surface area contributed by atoms with E-state index in [1.165, 1.54) is 15.9 Å². The molecule has 5 nitrogen and oxygen atoms in total. The third-order valence-electron chi connectivity index (χ3n) is 3.65. The molecule has 1 heterocycles. The van der Waals surface area contributed by atoms with Crippen molar-refractivity contribution < 1.29 is 14.0 Å². The quantitative estimate of drug-likeness (QED) is 0.842. The fourth-order valence-corrected chi connectivity index (χ4v) is 2.59. The second-order valence-electron chi connectivity index (χ2n) is 5.67. The van der Waals surface area contributed by atoms with E-state index in [9.17, 15) is 14.0 Å². The highest BCUT2D eigenvalue weighted by atomic mass is 19.1. The first-order chi connectivity index (χ1) is 11.2. The van der Waals surface area contributed by atoms with Crippen LogP contribution in [0.15, 0.2) is 29.5 Å². The van der Waals surface area contributed by atoms with Gasteiger partial charge >= 0.3 is 6.03 Å². The van der Waals surface area contributed by atoms with Gasteiger partial charge in [-0.05, 0) is 38.5 Å². The Bertz CT molecular complexity index is 668. The Kier molecular flexibility index (Phi) is 6.51. The summed E-state index contributed by atoms with van der Waals surface area (Å²) in [6.45, 7) is 9.19. The van der Waals surface area contributed by atoms with Crippen LogP contribution in [-0.4, -0.2) is 37.0 Å². The fraction of sp³-hybridized carbons (Fsp3) is 0.444. The molecule has 132 valence electrons. The molecule has 1 aliphatic heterocycles. The van der Waals surface area contributed by atoms with Crippen LogP contribution in [0.5, 0.6) is 0 Å². The molecule has 24 heavy (non-hydrogen) atoms. The van der Waals surface area contributed by atoms with E-state index in [4.69, 9.17) is 0 Å². The van der Waals surface area contributed by atoms with Crippen molar-refractivity contribution >= 4 is 17.6 Å². The second kappa shape index (κ2) is 7.95. The van der Waals surface area contributed by atoms with Crippen molar-refractivity contribution in [2.24, 2.45) is 0 Å². The molecule has 1 N–H and O–H groups in total. The van der Waals surface area contributed by atoms with Gasteiger partial charge in [0.05, 0.1) is 17.4 Å². The van der Waals surface area contributed by atoms with Gasteiger partial charge in [-0.15, -0.1) is 0 Å². The second-order valence-corrected chi connectivity index (χ2v) is 5.67. The number of nitrogens with one attached hydrogen (secondary N) is 1. The number of nitrogens with zero attached hydrogens (tertiary/aromatic N) is 2. The topological polar surface area (TPSA) is 52.7 Å². The molecule has 1 atom stereocenters. The lowest BCUT2D eigenvalue weighted by molar-refractivity contribution is -0.124. The number of carbonyl (C=O) groups excluding carboxylic acids is 2. The van der Waals surface area contributed by atoms with Crippen LogP contribution >= 0.6 is 0 Å². The Hall–Kier alpha value is -2.37. The van der Waals surface area contributed by atoms with Crippen LogP contribution in [0.3, 0.4) is 0 Å². The fourth-order valence-electron chi connectivity index (χ4n) is 2.59. The third-order valence-corrected chi connectivity index (χ3v) is 3.65. The maximum Gasteiger partial charge on any atom is 0.326 e. The molecular formula is C18H26FN3O2. The van der Waals surface area contributed by atoms with Gasteiger partial charge in [0.1, 0.15) is 5.82 Å². The van der Waals surface area contributed by atoms with Crippen LogP contribution in [0.2, 0.25) is 0 Å². The number of benzene rings is 1. The summed E-state index contributed by atoms with van der Waals surface area (Å²) in [5.41, 5.74) is 1.80. The molecule has 0 saturated carbocycles. The minimum Gasteiger partial charge on any atom is -0.345 e. The zero-order valence-electron chi connectivity index (χ0n) is 15.4. The van der Waals surface area contributed by atoms with E-state index < -0.39 is 11.8 Å². The van der Waals surface area contributed by atoms with Gasteiger partial charge in [0.15, 0.2) is 0 Å². The lowest BCUT2D eigenvalue weighted by Gasteiger charge is -2.22. The van der Waals surface area contributed by atoms with Crippen LogP contribution in [-0.2, 0) is 4.79 Å². The van der Waals surface area contributed by atoms with E-state index in [-0.39, 0.29) is 17.6 Å². The lowest BCUT2D eigenvalue weighted by atomic mass is 10.1. The lowest BCUT2D eigenvalue weighted by Crippen LogP contribution is -2.30. The number of amides is 3. The zero-order chi connectivity index (χ0) is 18.6. The van der Waals surface area contributed by atoms with E-state index >= 15 is 0 Å². The number of anilines is 1. The van der Waals surface area contributed by atoms with Gasteiger partial charge in [-0.25, -0.2) is 9.18 Å². The Labute approximate surface area is 143 Å². The van der Waals surface area contributed by atoms with Crippen molar-refractivity contribution in [3.63, 3.8) is 0 Å². The van der Waals surface area contributed by atoms with E-state index in [2.05, 4.69) is 5.32 Å². The van der Waals surface area contributed by atoms with Crippen LogP contribution in [0, 0.1) is 12.7 Å². The predicted molar refractivity (Wildman–Crippen MR) is 94.4 cm³/mol. The number of hydrogen-bond acceptors (Lipinski definition) is 2. The van der Waals surface area contributed by atoms with Gasteiger partial charge in [0, 0.05) is 19.7 Å². The predicted octanol–water partition coefficient (Wildman–Crippen LogP) is 3.44.